The zero-order valence-corrected chi connectivity index (χ0v) is 20.0. The van der Waals surface area contributed by atoms with Crippen molar-refractivity contribution >= 4 is 62.2 Å². The number of sulfonamides is 1. The predicted molar refractivity (Wildman–Crippen MR) is 128 cm³/mol. The Hall–Kier alpha value is -1.71. The van der Waals surface area contributed by atoms with Gasteiger partial charge in [0.25, 0.3) is 5.91 Å². The first-order valence-electron chi connectivity index (χ1n) is 9.83. The number of nitrogens with one attached hydrogen (secondary N) is 2. The van der Waals surface area contributed by atoms with Crippen molar-refractivity contribution in [3.8, 4) is 0 Å². The number of anilines is 1. The second kappa shape index (κ2) is 10.3. The van der Waals surface area contributed by atoms with Crippen molar-refractivity contribution in [1.29, 1.82) is 0 Å². The van der Waals surface area contributed by atoms with Crippen LogP contribution in [-0.4, -0.2) is 36.8 Å². The van der Waals surface area contributed by atoms with E-state index in [9.17, 15) is 13.2 Å². The van der Waals surface area contributed by atoms with E-state index in [1.165, 1.54) is 34.6 Å². The van der Waals surface area contributed by atoms with Gasteiger partial charge in [0, 0.05) is 34.4 Å². The van der Waals surface area contributed by atoms with Crippen molar-refractivity contribution in [3.63, 3.8) is 0 Å². The van der Waals surface area contributed by atoms with Gasteiger partial charge in [0.1, 0.15) is 0 Å². The molecule has 1 amide bonds. The molecule has 0 heterocycles. The van der Waals surface area contributed by atoms with Crippen LogP contribution in [0.3, 0.4) is 0 Å². The van der Waals surface area contributed by atoms with Gasteiger partial charge in [-0.15, -0.1) is 0 Å². The molecule has 2 aromatic rings. The first kappa shape index (κ1) is 23.9. The molecule has 0 aromatic heterocycles. The molecule has 10 heteroatoms. The third kappa shape index (κ3) is 6.17. The third-order valence-corrected chi connectivity index (χ3v) is 7.79. The maximum Gasteiger partial charge on any atom is 0.257 e. The van der Waals surface area contributed by atoms with Crippen molar-refractivity contribution in [3.05, 3.63) is 58.1 Å². The van der Waals surface area contributed by atoms with Crippen LogP contribution >= 0.6 is 35.4 Å². The lowest BCUT2D eigenvalue weighted by molar-refractivity contribution is 0.0977. The minimum Gasteiger partial charge on any atom is -0.332 e. The molecular formula is C21H23Cl2N3O3S2. The van der Waals surface area contributed by atoms with E-state index in [1.807, 2.05) is 0 Å². The van der Waals surface area contributed by atoms with Crippen LogP contribution in [0.4, 0.5) is 5.69 Å². The van der Waals surface area contributed by atoms with Crippen molar-refractivity contribution < 1.29 is 13.2 Å². The van der Waals surface area contributed by atoms with Crippen molar-refractivity contribution in [2.75, 3.05) is 12.4 Å². The molecule has 0 aliphatic heterocycles. The minimum absolute atomic E-state index is 0.0411. The van der Waals surface area contributed by atoms with E-state index in [0.717, 1.165) is 32.1 Å². The average molecular weight is 500 g/mol. The van der Waals surface area contributed by atoms with E-state index in [0.29, 0.717) is 15.7 Å². The number of thiocarbonyl (C=S) groups is 1. The number of carbonyl (C=O) groups is 1. The first-order chi connectivity index (χ1) is 14.7. The summed E-state index contributed by atoms with van der Waals surface area (Å²) in [5.74, 6) is -0.463. The summed E-state index contributed by atoms with van der Waals surface area (Å²) in [5, 5.41) is 6.16. The van der Waals surface area contributed by atoms with E-state index in [4.69, 9.17) is 35.4 Å². The molecule has 0 unspecified atom stereocenters. The normalized spacial score (nSPS) is 15.0. The van der Waals surface area contributed by atoms with Gasteiger partial charge < -0.3 is 5.32 Å². The van der Waals surface area contributed by atoms with Crippen LogP contribution in [0, 0.1) is 0 Å². The van der Waals surface area contributed by atoms with Gasteiger partial charge in [-0.3, -0.25) is 10.1 Å². The zero-order chi connectivity index (χ0) is 22.6. The van der Waals surface area contributed by atoms with Crippen LogP contribution in [0.5, 0.6) is 0 Å². The summed E-state index contributed by atoms with van der Waals surface area (Å²) >= 11 is 17.0. The van der Waals surface area contributed by atoms with Crippen molar-refractivity contribution in [2.45, 2.75) is 43.0 Å². The highest BCUT2D eigenvalue weighted by Gasteiger charge is 2.28. The fraction of sp³-hybridized carbons (Fsp3) is 0.333. The summed E-state index contributed by atoms with van der Waals surface area (Å²) in [5.41, 5.74) is 0.822. The molecule has 6 nitrogen and oxygen atoms in total. The van der Waals surface area contributed by atoms with Gasteiger partial charge in [-0.05, 0) is 67.5 Å². The van der Waals surface area contributed by atoms with Crippen LogP contribution < -0.4 is 10.6 Å². The number of carbonyl (C=O) groups excluding carboxylic acids is 1. The molecule has 0 bridgehead atoms. The zero-order valence-electron chi connectivity index (χ0n) is 16.9. The minimum atomic E-state index is -3.57. The molecule has 0 atom stereocenters. The molecule has 3 rings (SSSR count). The molecule has 0 saturated heterocycles. The van der Waals surface area contributed by atoms with Gasteiger partial charge in [-0.25, -0.2) is 8.42 Å². The molecule has 1 aliphatic carbocycles. The SMILES string of the molecule is CN(C1CCCCC1)S(=O)(=O)c1ccc(NC(=S)NC(=O)c2cc(Cl)cc(Cl)c2)cc1. The molecular weight excluding hydrogens is 477 g/mol. The van der Waals surface area contributed by atoms with Gasteiger partial charge in [-0.2, -0.15) is 4.31 Å². The maximum absolute atomic E-state index is 12.9. The molecule has 2 aromatic carbocycles. The molecule has 0 spiro atoms. The van der Waals surface area contributed by atoms with Crippen LogP contribution in [0.2, 0.25) is 10.0 Å². The van der Waals surface area contributed by atoms with Crippen molar-refractivity contribution in [2.24, 2.45) is 0 Å². The lowest BCUT2D eigenvalue weighted by Crippen LogP contribution is -2.38. The first-order valence-corrected chi connectivity index (χ1v) is 12.4. The van der Waals surface area contributed by atoms with E-state index in [-0.39, 0.29) is 21.6 Å². The number of halogens is 2. The quantitative estimate of drug-likeness (QED) is 0.561. The van der Waals surface area contributed by atoms with Gasteiger partial charge >= 0.3 is 0 Å². The van der Waals surface area contributed by atoms with Crippen LogP contribution in [-0.2, 0) is 10.0 Å². The number of hydrogen-bond donors (Lipinski definition) is 2. The molecule has 2 N–H and O–H groups in total. The Labute approximate surface area is 198 Å². The van der Waals surface area contributed by atoms with Gasteiger partial charge in [0.05, 0.1) is 4.90 Å². The molecule has 1 saturated carbocycles. The third-order valence-electron chi connectivity index (χ3n) is 5.23. The standard InChI is InChI=1S/C21H23Cl2N3O3S2/c1-26(18-5-3-2-4-6-18)31(28,29)19-9-7-17(8-10-19)24-21(30)25-20(27)14-11-15(22)13-16(23)12-14/h7-13,18H,2-6H2,1H3,(H2,24,25,27,30). The summed E-state index contributed by atoms with van der Waals surface area (Å²) in [7, 11) is -1.93. The largest absolute Gasteiger partial charge is 0.332 e. The van der Waals surface area contributed by atoms with E-state index in [1.54, 1.807) is 19.2 Å². The van der Waals surface area contributed by atoms with Gasteiger partial charge in [-0.1, -0.05) is 42.5 Å². The molecule has 1 fully saturated rings. The molecule has 0 radical (unpaired) electrons. The topological polar surface area (TPSA) is 78.5 Å². The van der Waals surface area contributed by atoms with Crippen LogP contribution in [0.15, 0.2) is 47.4 Å². The Morgan fingerprint density at radius 3 is 2.19 bits per heavy atom. The highest BCUT2D eigenvalue weighted by molar-refractivity contribution is 7.89. The Morgan fingerprint density at radius 2 is 1.61 bits per heavy atom. The lowest BCUT2D eigenvalue weighted by atomic mass is 9.96. The fourth-order valence-electron chi connectivity index (χ4n) is 3.54. The predicted octanol–water partition coefficient (Wildman–Crippen LogP) is 5.07. The van der Waals surface area contributed by atoms with Gasteiger partial charge in [0.15, 0.2) is 5.11 Å². The number of rotatable bonds is 5. The maximum atomic E-state index is 12.9. The smallest absolute Gasteiger partial charge is 0.257 e. The summed E-state index contributed by atoms with van der Waals surface area (Å²) in [6, 6.07) is 10.8. The second-order valence-electron chi connectivity index (χ2n) is 7.40. The van der Waals surface area contributed by atoms with E-state index in [2.05, 4.69) is 10.6 Å². The average Bonchev–Trinajstić information content (AvgIpc) is 2.73. The summed E-state index contributed by atoms with van der Waals surface area (Å²) in [6.45, 7) is 0. The number of nitrogens with zero attached hydrogens (tertiary/aromatic N) is 1. The number of hydrogen-bond acceptors (Lipinski definition) is 4. The highest BCUT2D eigenvalue weighted by atomic mass is 35.5. The summed E-state index contributed by atoms with van der Waals surface area (Å²) in [4.78, 5) is 12.5. The molecule has 1 aliphatic rings. The fourth-order valence-corrected chi connectivity index (χ4v) is 5.69. The Bertz CT molecular complexity index is 1050. The van der Waals surface area contributed by atoms with E-state index < -0.39 is 15.9 Å². The number of benzene rings is 2. The molecule has 166 valence electrons. The van der Waals surface area contributed by atoms with Crippen molar-refractivity contribution in [1.82, 2.24) is 9.62 Å². The summed E-state index contributed by atoms with van der Waals surface area (Å²) < 4.78 is 27.3. The highest BCUT2D eigenvalue weighted by Crippen LogP contribution is 2.27. The Kier molecular flexibility index (Phi) is 7.93. The van der Waals surface area contributed by atoms with Crippen LogP contribution in [0.1, 0.15) is 42.5 Å². The number of amides is 1. The lowest BCUT2D eigenvalue weighted by Gasteiger charge is -2.30. The Balaban J connectivity index is 1.63. The second-order valence-corrected chi connectivity index (χ2v) is 10.7. The molecule has 31 heavy (non-hydrogen) atoms. The monoisotopic (exact) mass is 499 g/mol. The summed E-state index contributed by atoms with van der Waals surface area (Å²) in [6.07, 6.45) is 5.05. The van der Waals surface area contributed by atoms with E-state index >= 15 is 0 Å². The van der Waals surface area contributed by atoms with Gasteiger partial charge in [0.2, 0.25) is 10.0 Å². The van der Waals surface area contributed by atoms with Crippen LogP contribution in [0.25, 0.3) is 0 Å². The Morgan fingerprint density at radius 1 is 1.03 bits per heavy atom.